The topological polar surface area (TPSA) is 76.1 Å². The van der Waals surface area contributed by atoms with Crippen LogP contribution in [0.5, 0.6) is 0 Å². The molecule has 1 atom stereocenters. The number of hydrogen-bond donors (Lipinski definition) is 1. The molecule has 1 aliphatic rings. The fourth-order valence-electron chi connectivity index (χ4n) is 4.25. The van der Waals surface area contributed by atoms with Crippen LogP contribution in [-0.4, -0.2) is 57.7 Å². The van der Waals surface area contributed by atoms with Crippen molar-refractivity contribution in [3.63, 3.8) is 0 Å². The maximum atomic E-state index is 13.1. The molecule has 0 bridgehead atoms. The van der Waals surface area contributed by atoms with Gasteiger partial charge in [0.05, 0.1) is 30.5 Å². The third kappa shape index (κ3) is 6.10. The van der Waals surface area contributed by atoms with Gasteiger partial charge >= 0.3 is 6.18 Å². The summed E-state index contributed by atoms with van der Waals surface area (Å²) in [6, 6.07) is 16.3. The molecule has 0 radical (unpaired) electrons. The molecule has 1 fully saturated rings. The normalized spacial score (nSPS) is 15.3. The fraction of sp³-hybridized carbons (Fsp3) is 0.259. The number of hydrogen-bond acceptors (Lipinski definition) is 7. The first-order chi connectivity index (χ1) is 18.0. The summed E-state index contributed by atoms with van der Waals surface area (Å²) >= 11 is 0. The Kier molecular flexibility index (Phi) is 7.38. The van der Waals surface area contributed by atoms with E-state index in [0.29, 0.717) is 55.9 Å². The smallest absolute Gasteiger partial charge is 0.379 e. The van der Waals surface area contributed by atoms with E-state index in [0.717, 1.165) is 23.3 Å². The lowest BCUT2D eigenvalue weighted by Gasteiger charge is -2.35. The van der Waals surface area contributed by atoms with Gasteiger partial charge in [-0.25, -0.2) is 9.97 Å². The van der Waals surface area contributed by atoms with Crippen LogP contribution in [-0.2, 0) is 10.9 Å². The van der Waals surface area contributed by atoms with Gasteiger partial charge in [0.1, 0.15) is 11.5 Å². The predicted molar refractivity (Wildman–Crippen MR) is 134 cm³/mol. The molecule has 7 nitrogen and oxygen atoms in total. The molecule has 4 aromatic rings. The van der Waals surface area contributed by atoms with Crippen molar-refractivity contribution in [3.8, 4) is 22.8 Å². The fourth-order valence-corrected chi connectivity index (χ4v) is 4.25. The van der Waals surface area contributed by atoms with Gasteiger partial charge in [-0.15, -0.1) is 0 Å². The molecule has 1 aliphatic heterocycles. The second-order valence-corrected chi connectivity index (χ2v) is 8.58. The number of morpholine rings is 1. The number of ether oxygens (including phenoxy) is 1. The number of pyridine rings is 2. The van der Waals surface area contributed by atoms with Crippen molar-refractivity contribution in [2.24, 2.45) is 0 Å². The summed E-state index contributed by atoms with van der Waals surface area (Å²) < 4.78 is 44.9. The summed E-state index contributed by atoms with van der Waals surface area (Å²) in [5, 5.41) is 3.40. The zero-order chi connectivity index (χ0) is 25.7. The number of anilines is 1. The minimum absolute atomic E-state index is 0.179. The van der Waals surface area contributed by atoms with E-state index in [-0.39, 0.29) is 6.04 Å². The summed E-state index contributed by atoms with van der Waals surface area (Å²) in [5.41, 5.74) is 2.26. The Morgan fingerprint density at radius 3 is 2.41 bits per heavy atom. The summed E-state index contributed by atoms with van der Waals surface area (Å²) in [7, 11) is 0. The zero-order valence-corrected chi connectivity index (χ0v) is 19.9. The van der Waals surface area contributed by atoms with Crippen molar-refractivity contribution in [1.29, 1.82) is 0 Å². The van der Waals surface area contributed by atoms with Gasteiger partial charge in [-0.2, -0.15) is 13.2 Å². The van der Waals surface area contributed by atoms with Crippen molar-refractivity contribution in [2.75, 3.05) is 38.2 Å². The molecule has 1 N–H and O–H groups in total. The number of nitrogens with one attached hydrogen (secondary N) is 1. The van der Waals surface area contributed by atoms with Gasteiger partial charge in [0.2, 0.25) is 0 Å². The standard InChI is InChI=1S/C27H25F3N6O/c28-27(29,30)21-8-6-19(7-9-21)24(36-12-14-37-15-13-36)18-33-25-16-23(20-4-3-10-31-17-20)34-26(35-25)22-5-1-2-11-32-22/h1-11,16-17,24H,12-15,18H2,(H,33,34,35). The highest BCUT2D eigenvalue weighted by molar-refractivity contribution is 5.65. The van der Waals surface area contributed by atoms with Gasteiger partial charge in [-0.3, -0.25) is 14.9 Å². The third-order valence-corrected chi connectivity index (χ3v) is 6.16. The summed E-state index contributed by atoms with van der Waals surface area (Å²) in [6.07, 6.45) is 0.728. The van der Waals surface area contributed by atoms with E-state index in [1.54, 1.807) is 30.7 Å². The van der Waals surface area contributed by atoms with Crippen molar-refractivity contribution in [1.82, 2.24) is 24.8 Å². The van der Waals surface area contributed by atoms with Crippen LogP contribution in [0.3, 0.4) is 0 Å². The molecule has 4 heterocycles. The van der Waals surface area contributed by atoms with Gasteiger partial charge in [-0.05, 0) is 42.0 Å². The highest BCUT2D eigenvalue weighted by atomic mass is 19.4. The largest absolute Gasteiger partial charge is 0.416 e. The van der Waals surface area contributed by atoms with Crippen LogP contribution in [0.25, 0.3) is 22.8 Å². The minimum Gasteiger partial charge on any atom is -0.379 e. The lowest BCUT2D eigenvalue weighted by atomic mass is 10.0. The van der Waals surface area contributed by atoms with Crippen LogP contribution in [0.4, 0.5) is 19.0 Å². The van der Waals surface area contributed by atoms with E-state index in [1.165, 1.54) is 0 Å². The Labute approximate surface area is 212 Å². The van der Waals surface area contributed by atoms with Gasteiger partial charge < -0.3 is 10.1 Å². The van der Waals surface area contributed by atoms with Gasteiger partial charge in [0.25, 0.3) is 0 Å². The van der Waals surface area contributed by atoms with E-state index in [1.807, 2.05) is 36.4 Å². The molecule has 190 valence electrons. The molecular formula is C27H25F3N6O. The second kappa shape index (κ2) is 11.0. The number of aromatic nitrogens is 4. The Balaban J connectivity index is 1.45. The highest BCUT2D eigenvalue weighted by Gasteiger charge is 2.31. The van der Waals surface area contributed by atoms with Gasteiger partial charge in [-0.1, -0.05) is 18.2 Å². The molecule has 0 spiro atoms. The van der Waals surface area contributed by atoms with Crippen molar-refractivity contribution in [3.05, 3.63) is 90.4 Å². The second-order valence-electron chi connectivity index (χ2n) is 8.58. The first kappa shape index (κ1) is 24.8. The van der Waals surface area contributed by atoms with Crippen LogP contribution >= 0.6 is 0 Å². The number of alkyl halides is 3. The van der Waals surface area contributed by atoms with Crippen molar-refractivity contribution < 1.29 is 17.9 Å². The number of benzene rings is 1. The molecule has 10 heteroatoms. The molecule has 0 amide bonds. The number of nitrogens with zero attached hydrogens (tertiary/aromatic N) is 5. The maximum Gasteiger partial charge on any atom is 0.416 e. The predicted octanol–water partition coefficient (Wildman–Crippen LogP) is 5.10. The van der Waals surface area contributed by atoms with Crippen LogP contribution in [0, 0.1) is 0 Å². The first-order valence-corrected chi connectivity index (χ1v) is 11.9. The average Bonchev–Trinajstić information content (AvgIpc) is 2.94. The van der Waals surface area contributed by atoms with E-state index >= 15 is 0 Å². The summed E-state index contributed by atoms with van der Waals surface area (Å²) in [4.78, 5) is 20.2. The minimum atomic E-state index is -4.38. The molecule has 37 heavy (non-hydrogen) atoms. The third-order valence-electron chi connectivity index (χ3n) is 6.16. The lowest BCUT2D eigenvalue weighted by molar-refractivity contribution is -0.137. The van der Waals surface area contributed by atoms with Gasteiger partial charge in [0.15, 0.2) is 5.82 Å². The Bertz CT molecular complexity index is 1240. The number of rotatable bonds is 7. The monoisotopic (exact) mass is 506 g/mol. The molecule has 1 saturated heterocycles. The Morgan fingerprint density at radius 1 is 0.919 bits per heavy atom. The molecular weight excluding hydrogens is 481 g/mol. The van der Waals surface area contributed by atoms with E-state index in [4.69, 9.17) is 9.72 Å². The van der Waals surface area contributed by atoms with Crippen LogP contribution < -0.4 is 5.32 Å². The SMILES string of the molecule is FC(F)(F)c1ccc(C(CNc2cc(-c3cccnc3)nc(-c3ccccn3)n2)N2CCOCC2)cc1. The highest BCUT2D eigenvalue weighted by Crippen LogP contribution is 2.31. The summed E-state index contributed by atoms with van der Waals surface area (Å²) in [6.45, 7) is 2.92. The van der Waals surface area contributed by atoms with Crippen molar-refractivity contribution >= 4 is 5.82 Å². The molecule has 0 saturated carbocycles. The van der Waals surface area contributed by atoms with Crippen LogP contribution in [0.1, 0.15) is 17.2 Å². The quantitative estimate of drug-likeness (QED) is 0.374. The van der Waals surface area contributed by atoms with E-state index in [9.17, 15) is 13.2 Å². The van der Waals surface area contributed by atoms with E-state index in [2.05, 4.69) is 25.2 Å². The molecule has 1 unspecified atom stereocenters. The first-order valence-electron chi connectivity index (χ1n) is 11.9. The molecule has 5 rings (SSSR count). The van der Waals surface area contributed by atoms with Crippen molar-refractivity contribution in [2.45, 2.75) is 12.2 Å². The molecule has 3 aromatic heterocycles. The summed E-state index contributed by atoms with van der Waals surface area (Å²) in [5.74, 6) is 1.04. The molecule has 1 aromatic carbocycles. The zero-order valence-electron chi connectivity index (χ0n) is 19.9. The number of halogens is 3. The maximum absolute atomic E-state index is 13.1. The van der Waals surface area contributed by atoms with Gasteiger partial charge in [0, 0.05) is 49.9 Å². The van der Waals surface area contributed by atoms with Crippen LogP contribution in [0.15, 0.2) is 79.3 Å². The Hall–Kier alpha value is -3.89. The Morgan fingerprint density at radius 2 is 1.73 bits per heavy atom. The van der Waals surface area contributed by atoms with Crippen LogP contribution in [0.2, 0.25) is 0 Å². The lowest BCUT2D eigenvalue weighted by Crippen LogP contribution is -2.41. The average molecular weight is 507 g/mol. The van der Waals surface area contributed by atoms with E-state index < -0.39 is 11.7 Å². The molecule has 0 aliphatic carbocycles.